The summed E-state index contributed by atoms with van der Waals surface area (Å²) in [5, 5.41) is 21.3. The summed E-state index contributed by atoms with van der Waals surface area (Å²) in [7, 11) is 5.05. The average Bonchev–Trinajstić information content (AvgIpc) is 3.95. The predicted molar refractivity (Wildman–Crippen MR) is 230 cm³/mol. The number of hydrogen-bond acceptors (Lipinski definition) is 13. The number of nitrogens with zero attached hydrogens (tertiary/aromatic N) is 5. The number of aromatic amines is 1. The van der Waals surface area contributed by atoms with E-state index in [1.807, 2.05) is 56.5 Å². The molecule has 1 unspecified atom stereocenters. The van der Waals surface area contributed by atoms with Crippen LogP contribution in [0.4, 0.5) is 9.18 Å². The van der Waals surface area contributed by atoms with Gasteiger partial charge in [-0.05, 0) is 85.5 Å². The molecular formula is C46H67FN6O10. The Bertz CT molecular complexity index is 2110. The summed E-state index contributed by atoms with van der Waals surface area (Å²) >= 11 is 0. The summed E-state index contributed by atoms with van der Waals surface area (Å²) in [6.07, 6.45) is 0.185. The highest BCUT2D eigenvalue weighted by atomic mass is 19.1. The fraction of sp³-hybridized carbons (Fsp3) is 0.696. The number of cyclic esters (lactones) is 1. The number of carbonyl (C=O) groups is 4. The summed E-state index contributed by atoms with van der Waals surface area (Å²) < 4.78 is 49.4. The summed E-state index contributed by atoms with van der Waals surface area (Å²) in [6.45, 7) is 13.3. The number of unbranched alkanes of at least 4 members (excludes halogenated alkanes) is 1. The number of halogens is 1. The van der Waals surface area contributed by atoms with Crippen molar-refractivity contribution in [2.45, 2.75) is 160 Å². The maximum absolute atomic E-state index is 17.0. The third kappa shape index (κ3) is 9.58. The molecule has 5 heterocycles. The second-order valence-electron chi connectivity index (χ2n) is 18.8. The molecule has 348 valence electrons. The predicted octanol–water partition coefficient (Wildman–Crippen LogP) is 5.43. The van der Waals surface area contributed by atoms with Gasteiger partial charge < -0.3 is 43.6 Å². The lowest BCUT2D eigenvalue weighted by Gasteiger charge is -2.47. The van der Waals surface area contributed by atoms with Gasteiger partial charge in [0.05, 0.1) is 29.5 Å². The lowest BCUT2D eigenvalue weighted by molar-refractivity contribution is -0.295. The standard InChI is InChI=1S/C46H67FN6O10/c1-12-35-46(8)38(53(43(58)63-46)20-16-15-19-52-25-31(49-50-52)22-30-24-48-33-18-14-13-17-32(30)33)28(4)36(54)26(2)23-44(6,59-11)40(29(5)39(56)45(7,47)42(57)61-35)62-41-37(55)34(51(9)10)21-27(3)60-41/h13-14,17-18,24-29,34-35,37-38,40-41,48,55H,12,15-16,19-23H2,1-11H3/t26-,27-,28+,29+,34+,35-,37-,38-,40-,41?,44+,45+,46-/m1/s1. The van der Waals surface area contributed by atoms with Crippen molar-refractivity contribution in [1.29, 1.82) is 0 Å². The molecule has 3 fully saturated rings. The van der Waals surface area contributed by atoms with E-state index in [2.05, 4.69) is 21.4 Å². The van der Waals surface area contributed by atoms with Crippen molar-refractivity contribution in [3.8, 4) is 0 Å². The smallest absolute Gasteiger partial charge is 0.410 e. The summed E-state index contributed by atoms with van der Waals surface area (Å²) in [4.78, 5) is 63.6. The van der Waals surface area contributed by atoms with Crippen molar-refractivity contribution >= 4 is 34.5 Å². The van der Waals surface area contributed by atoms with Gasteiger partial charge in [-0.1, -0.05) is 51.1 Å². The molecule has 13 atom stereocenters. The highest BCUT2D eigenvalue weighted by molar-refractivity contribution is 6.08. The Kier molecular flexibility index (Phi) is 14.6. The van der Waals surface area contributed by atoms with Crippen molar-refractivity contribution in [3.63, 3.8) is 0 Å². The molecule has 0 spiro atoms. The lowest BCUT2D eigenvalue weighted by atomic mass is 9.73. The third-order valence-corrected chi connectivity index (χ3v) is 13.9. The molecule has 2 N–H and O–H groups in total. The zero-order valence-corrected chi connectivity index (χ0v) is 38.6. The molecule has 0 bridgehead atoms. The molecule has 0 aliphatic carbocycles. The number of aliphatic hydroxyl groups is 1. The molecule has 63 heavy (non-hydrogen) atoms. The van der Waals surface area contributed by atoms with Gasteiger partial charge in [-0.3, -0.25) is 14.3 Å². The highest BCUT2D eigenvalue weighted by Gasteiger charge is 2.61. The molecule has 1 aromatic carbocycles. The number of nitrogens with one attached hydrogen (secondary N) is 1. The number of aliphatic hydroxyl groups excluding tert-OH is 1. The summed E-state index contributed by atoms with van der Waals surface area (Å²) in [5.74, 6) is -5.82. The van der Waals surface area contributed by atoms with Crippen molar-refractivity contribution in [2.75, 3.05) is 27.7 Å². The van der Waals surface area contributed by atoms with Gasteiger partial charge in [0.15, 0.2) is 17.7 Å². The maximum Gasteiger partial charge on any atom is 0.410 e. The molecule has 3 aliphatic rings. The van der Waals surface area contributed by atoms with Crippen LogP contribution in [0, 0.1) is 17.8 Å². The Balaban J connectivity index is 1.25. The maximum atomic E-state index is 17.0. The molecule has 2 aromatic heterocycles. The number of Topliss-reactive ketones (excluding diaryl/α,β-unsaturated/α-hetero) is 2. The van der Waals surface area contributed by atoms with Crippen LogP contribution in [-0.4, -0.2) is 146 Å². The zero-order valence-electron chi connectivity index (χ0n) is 38.6. The average molecular weight is 883 g/mol. The normalized spacial score (nSPS) is 36.1. The van der Waals surface area contributed by atoms with Crippen LogP contribution in [0.3, 0.4) is 0 Å². The van der Waals surface area contributed by atoms with Gasteiger partial charge in [0.1, 0.15) is 18.0 Å². The molecule has 3 saturated heterocycles. The fourth-order valence-electron chi connectivity index (χ4n) is 10.3. The summed E-state index contributed by atoms with van der Waals surface area (Å²) in [6, 6.07) is 6.77. The molecular weight excluding hydrogens is 816 g/mol. The highest BCUT2D eigenvalue weighted by Crippen LogP contribution is 2.44. The lowest BCUT2D eigenvalue weighted by Crippen LogP contribution is -2.61. The van der Waals surface area contributed by atoms with Crippen molar-refractivity contribution in [1.82, 2.24) is 29.8 Å². The monoisotopic (exact) mass is 882 g/mol. The van der Waals surface area contributed by atoms with Gasteiger partial charge in [0.2, 0.25) is 0 Å². The van der Waals surface area contributed by atoms with Crippen LogP contribution in [0.15, 0.2) is 36.7 Å². The minimum atomic E-state index is -3.18. The number of hydrogen-bond donors (Lipinski definition) is 2. The minimum Gasteiger partial charge on any atom is -0.455 e. The third-order valence-electron chi connectivity index (χ3n) is 13.9. The van der Waals surface area contributed by atoms with E-state index < -0.39 is 83.1 Å². The Morgan fingerprint density at radius 3 is 2.41 bits per heavy atom. The molecule has 1 amide bonds. The number of rotatable bonds is 12. The molecule has 17 heteroatoms. The number of aromatic nitrogens is 4. The second kappa shape index (κ2) is 19.0. The fourth-order valence-corrected chi connectivity index (χ4v) is 10.3. The number of carbonyl (C=O) groups excluding carboxylic acids is 4. The van der Waals surface area contributed by atoms with E-state index in [0.717, 1.165) is 29.1 Å². The number of alkyl halides is 1. The molecule has 6 rings (SSSR count). The number of para-hydroxylation sites is 1. The summed E-state index contributed by atoms with van der Waals surface area (Å²) in [5.41, 5.74) is -3.26. The van der Waals surface area contributed by atoms with E-state index in [4.69, 9.17) is 23.7 Å². The Morgan fingerprint density at radius 1 is 1.03 bits per heavy atom. The number of likely N-dealkylation sites (N-methyl/N-ethyl adjacent to an activating group) is 1. The van der Waals surface area contributed by atoms with Crippen LogP contribution in [0.25, 0.3) is 10.9 Å². The second-order valence-corrected chi connectivity index (χ2v) is 18.8. The number of ketones is 2. The Labute approximate surface area is 369 Å². The largest absolute Gasteiger partial charge is 0.455 e. The van der Waals surface area contributed by atoms with Crippen LogP contribution in [0.2, 0.25) is 0 Å². The first-order valence-electron chi connectivity index (χ1n) is 22.3. The minimum absolute atomic E-state index is 0.00642. The first-order chi connectivity index (χ1) is 29.7. The van der Waals surface area contributed by atoms with Crippen molar-refractivity contribution in [3.05, 3.63) is 47.9 Å². The van der Waals surface area contributed by atoms with Gasteiger partial charge in [-0.15, -0.1) is 5.10 Å². The Hall–Kier alpha value is -4.29. The van der Waals surface area contributed by atoms with E-state index in [1.165, 1.54) is 18.9 Å². The van der Waals surface area contributed by atoms with Crippen LogP contribution in [-0.2, 0) is 51.0 Å². The number of methoxy groups -OCH3 is 1. The van der Waals surface area contributed by atoms with Gasteiger partial charge in [0.25, 0.3) is 5.67 Å². The van der Waals surface area contributed by atoms with Crippen LogP contribution in [0.1, 0.15) is 98.8 Å². The quantitative estimate of drug-likeness (QED) is 0.133. The number of esters is 1. The van der Waals surface area contributed by atoms with E-state index in [1.54, 1.807) is 39.3 Å². The van der Waals surface area contributed by atoms with Gasteiger partial charge >= 0.3 is 12.1 Å². The molecule has 3 aromatic rings. The van der Waals surface area contributed by atoms with Crippen molar-refractivity contribution < 1.29 is 52.4 Å². The SMILES string of the molecule is CC[C@H]1OC(=O)[C@@](C)(F)C(=O)[C@H](C)[C@@H](OC2O[C@H](C)C[C@H](N(C)C)[C@H]2O)[C@@](C)(OC)C[C@@H](C)C(=O)[C@H](C)[C@H]2N(CCCCn3cc(Cc4c[nH]c5ccccc45)nn3)C(=O)O[C@]12C. The first kappa shape index (κ1) is 48.2. The van der Waals surface area contributed by atoms with Crippen LogP contribution >= 0.6 is 0 Å². The van der Waals surface area contributed by atoms with E-state index in [0.29, 0.717) is 32.2 Å². The van der Waals surface area contributed by atoms with Gasteiger partial charge in [-0.25, -0.2) is 14.0 Å². The zero-order chi connectivity index (χ0) is 46.2. The van der Waals surface area contributed by atoms with Crippen LogP contribution < -0.4 is 0 Å². The van der Waals surface area contributed by atoms with E-state index in [9.17, 15) is 24.3 Å². The number of amides is 1. The number of aryl methyl sites for hydroxylation is 1. The Morgan fingerprint density at radius 2 is 1.73 bits per heavy atom. The first-order valence-corrected chi connectivity index (χ1v) is 22.3. The number of H-pyrrole nitrogens is 1. The molecule has 0 saturated carbocycles. The number of fused-ring (bicyclic) bond motifs is 2. The van der Waals surface area contributed by atoms with E-state index >= 15 is 4.39 Å². The number of benzene rings is 1. The topological polar surface area (TPSA) is 188 Å². The van der Waals surface area contributed by atoms with Crippen LogP contribution in [0.5, 0.6) is 0 Å². The molecule has 16 nitrogen and oxygen atoms in total. The van der Waals surface area contributed by atoms with Gasteiger partial charge in [-0.2, -0.15) is 0 Å². The molecule has 0 radical (unpaired) electrons. The van der Waals surface area contributed by atoms with E-state index in [-0.39, 0.29) is 37.3 Å². The number of ether oxygens (including phenoxy) is 5. The molecule has 3 aliphatic heterocycles. The van der Waals surface area contributed by atoms with Gasteiger partial charge in [0, 0.05) is 73.7 Å². The van der Waals surface area contributed by atoms with Crippen molar-refractivity contribution in [2.24, 2.45) is 17.8 Å².